The molecule has 0 bridgehead atoms. The molecule has 0 aliphatic heterocycles. The van der Waals surface area contributed by atoms with Gasteiger partial charge in [0.15, 0.2) is 5.96 Å². The average molecular weight is 451 g/mol. The van der Waals surface area contributed by atoms with E-state index in [4.69, 9.17) is 4.74 Å². The van der Waals surface area contributed by atoms with Gasteiger partial charge in [0.05, 0.1) is 6.61 Å². The van der Waals surface area contributed by atoms with Crippen molar-refractivity contribution in [2.75, 3.05) is 26.5 Å². The number of rotatable bonds is 7. The van der Waals surface area contributed by atoms with Gasteiger partial charge in [-0.3, -0.25) is 4.99 Å². The normalized spacial score (nSPS) is 11.7. The lowest BCUT2D eigenvalue weighted by Crippen LogP contribution is -2.43. The van der Waals surface area contributed by atoms with Crippen LogP contribution in [0.25, 0.3) is 0 Å². The number of halogens is 1. The predicted octanol–water partition coefficient (Wildman–Crippen LogP) is 3.82. The Hall–Kier alpha value is -0.630. The molecular formula is C17H30IN3OS. The summed E-state index contributed by atoms with van der Waals surface area (Å²) in [6, 6.07) is 6.28. The third-order valence-corrected chi connectivity index (χ3v) is 4.68. The van der Waals surface area contributed by atoms with Crippen LogP contribution in [0.2, 0.25) is 0 Å². The second-order valence-electron chi connectivity index (χ2n) is 5.79. The highest BCUT2D eigenvalue weighted by Gasteiger charge is 2.16. The Morgan fingerprint density at radius 3 is 2.57 bits per heavy atom. The van der Waals surface area contributed by atoms with Gasteiger partial charge in [0.25, 0.3) is 0 Å². The highest BCUT2D eigenvalue weighted by atomic mass is 127. The number of guanidine groups is 1. The van der Waals surface area contributed by atoms with Crippen LogP contribution in [0.1, 0.15) is 31.9 Å². The van der Waals surface area contributed by atoms with Gasteiger partial charge >= 0.3 is 0 Å². The maximum absolute atomic E-state index is 5.71. The van der Waals surface area contributed by atoms with Crippen molar-refractivity contribution in [2.45, 2.75) is 39.0 Å². The topological polar surface area (TPSA) is 45.6 Å². The Bertz CT molecular complexity index is 507. The smallest absolute Gasteiger partial charge is 0.191 e. The first kappa shape index (κ1) is 22.4. The van der Waals surface area contributed by atoms with E-state index in [-0.39, 0.29) is 28.7 Å². The molecule has 0 atom stereocenters. The fraction of sp³-hybridized carbons (Fsp3) is 0.588. The number of hydrogen-bond donors (Lipinski definition) is 2. The summed E-state index contributed by atoms with van der Waals surface area (Å²) in [5.74, 6) is 1.75. The summed E-state index contributed by atoms with van der Waals surface area (Å²) < 4.78 is 5.89. The number of ether oxygens (including phenoxy) is 1. The Morgan fingerprint density at radius 2 is 2.00 bits per heavy atom. The lowest BCUT2D eigenvalue weighted by atomic mass is 10.1. The first-order valence-corrected chi connectivity index (χ1v) is 8.86. The van der Waals surface area contributed by atoms with E-state index in [0.29, 0.717) is 13.2 Å². The molecule has 0 unspecified atom stereocenters. The van der Waals surface area contributed by atoms with Crippen molar-refractivity contribution in [3.8, 4) is 5.75 Å². The maximum Gasteiger partial charge on any atom is 0.191 e. The molecule has 1 rings (SSSR count). The molecule has 0 saturated carbocycles. The highest BCUT2D eigenvalue weighted by Crippen LogP contribution is 2.21. The first-order chi connectivity index (χ1) is 10.4. The molecule has 0 fully saturated rings. The van der Waals surface area contributed by atoms with Crippen molar-refractivity contribution in [3.05, 3.63) is 29.3 Å². The van der Waals surface area contributed by atoms with Crippen LogP contribution in [-0.4, -0.2) is 37.2 Å². The number of benzene rings is 1. The van der Waals surface area contributed by atoms with Gasteiger partial charge in [-0.25, -0.2) is 0 Å². The Labute approximate surface area is 162 Å². The fourth-order valence-electron chi connectivity index (χ4n) is 1.87. The second kappa shape index (κ2) is 11.0. The van der Waals surface area contributed by atoms with Gasteiger partial charge < -0.3 is 15.4 Å². The quantitative estimate of drug-likeness (QED) is 0.376. The third-order valence-electron chi connectivity index (χ3n) is 3.43. The number of hydrogen-bond acceptors (Lipinski definition) is 3. The molecule has 6 heteroatoms. The first-order valence-electron chi connectivity index (χ1n) is 7.64. The second-order valence-corrected chi connectivity index (χ2v) is 7.30. The zero-order chi connectivity index (χ0) is 16.6. The average Bonchev–Trinajstić information content (AvgIpc) is 2.49. The van der Waals surface area contributed by atoms with Crippen LogP contribution in [0.3, 0.4) is 0 Å². The zero-order valence-corrected chi connectivity index (χ0v) is 18.2. The van der Waals surface area contributed by atoms with Crippen molar-refractivity contribution < 1.29 is 4.74 Å². The molecule has 23 heavy (non-hydrogen) atoms. The summed E-state index contributed by atoms with van der Waals surface area (Å²) in [7, 11) is 1.79. The van der Waals surface area contributed by atoms with Crippen LogP contribution < -0.4 is 15.4 Å². The van der Waals surface area contributed by atoms with E-state index in [0.717, 1.165) is 23.8 Å². The third kappa shape index (κ3) is 8.15. The Morgan fingerprint density at radius 1 is 1.30 bits per heavy atom. The van der Waals surface area contributed by atoms with Gasteiger partial charge in [0.2, 0.25) is 0 Å². The van der Waals surface area contributed by atoms with Crippen LogP contribution in [-0.2, 0) is 6.54 Å². The molecule has 0 saturated heterocycles. The van der Waals surface area contributed by atoms with E-state index in [1.54, 1.807) is 7.05 Å². The monoisotopic (exact) mass is 451 g/mol. The van der Waals surface area contributed by atoms with Gasteiger partial charge in [-0.05, 0) is 45.6 Å². The number of aliphatic imine (C=N–C) groups is 1. The number of aryl methyl sites for hydroxylation is 1. The molecular weight excluding hydrogens is 421 g/mol. The maximum atomic E-state index is 5.71. The van der Waals surface area contributed by atoms with Gasteiger partial charge in [-0.2, -0.15) is 11.8 Å². The Balaban J connectivity index is 0.00000484. The molecule has 4 nitrogen and oxygen atoms in total. The summed E-state index contributed by atoms with van der Waals surface area (Å²) in [5, 5.41) is 6.72. The molecule has 0 spiro atoms. The molecule has 0 aliphatic carbocycles. The van der Waals surface area contributed by atoms with Crippen LogP contribution in [0, 0.1) is 6.92 Å². The Kier molecular flexibility index (Phi) is 10.7. The lowest BCUT2D eigenvalue weighted by molar-refractivity contribution is 0.336. The lowest BCUT2D eigenvalue weighted by Gasteiger charge is -2.24. The molecule has 0 aromatic heterocycles. The molecule has 1 aromatic carbocycles. The van der Waals surface area contributed by atoms with E-state index in [2.05, 4.69) is 60.9 Å². The van der Waals surface area contributed by atoms with Crippen molar-refractivity contribution in [3.63, 3.8) is 0 Å². The minimum absolute atomic E-state index is 0. The molecule has 0 aliphatic rings. The van der Waals surface area contributed by atoms with Crippen molar-refractivity contribution in [1.29, 1.82) is 0 Å². The van der Waals surface area contributed by atoms with Crippen molar-refractivity contribution in [1.82, 2.24) is 10.6 Å². The molecule has 1 aromatic rings. The minimum Gasteiger partial charge on any atom is -0.494 e. The largest absolute Gasteiger partial charge is 0.494 e. The van der Waals surface area contributed by atoms with Gasteiger partial charge in [-0.15, -0.1) is 24.0 Å². The highest BCUT2D eigenvalue weighted by molar-refractivity contribution is 14.0. The van der Waals surface area contributed by atoms with Gasteiger partial charge in [-0.1, -0.05) is 12.1 Å². The van der Waals surface area contributed by atoms with E-state index in [9.17, 15) is 0 Å². The van der Waals surface area contributed by atoms with E-state index in [1.807, 2.05) is 18.7 Å². The predicted molar refractivity (Wildman–Crippen MR) is 114 cm³/mol. The summed E-state index contributed by atoms with van der Waals surface area (Å²) >= 11 is 1.84. The van der Waals surface area contributed by atoms with E-state index in [1.165, 1.54) is 5.56 Å². The van der Waals surface area contributed by atoms with Crippen LogP contribution in [0.4, 0.5) is 0 Å². The zero-order valence-electron chi connectivity index (χ0n) is 15.0. The van der Waals surface area contributed by atoms with Gasteiger partial charge in [0, 0.05) is 30.4 Å². The minimum atomic E-state index is 0. The van der Waals surface area contributed by atoms with E-state index < -0.39 is 0 Å². The van der Waals surface area contributed by atoms with E-state index >= 15 is 0 Å². The van der Waals surface area contributed by atoms with Crippen molar-refractivity contribution in [2.24, 2.45) is 4.99 Å². The van der Waals surface area contributed by atoms with Crippen LogP contribution >= 0.6 is 35.7 Å². The molecule has 0 radical (unpaired) electrons. The number of nitrogens with zero attached hydrogens (tertiary/aromatic N) is 1. The van der Waals surface area contributed by atoms with Crippen LogP contribution in [0.15, 0.2) is 23.2 Å². The summed E-state index contributed by atoms with van der Waals surface area (Å²) in [5.41, 5.74) is 2.34. The standard InChI is InChI=1S/C17H29N3OS.HI/c1-7-21-15-10-13(2)8-9-14(15)11-19-16(18-5)20-12-17(3,4)22-6;/h8-10H,7,11-12H2,1-6H3,(H2,18,19,20);1H. The van der Waals surface area contributed by atoms with Crippen molar-refractivity contribution >= 4 is 41.7 Å². The summed E-state index contributed by atoms with van der Waals surface area (Å²) in [6.45, 7) is 10.7. The van der Waals surface area contributed by atoms with Crippen LogP contribution in [0.5, 0.6) is 5.75 Å². The molecule has 0 heterocycles. The molecule has 0 amide bonds. The number of nitrogens with one attached hydrogen (secondary N) is 2. The number of thioether (sulfide) groups is 1. The summed E-state index contributed by atoms with van der Waals surface area (Å²) in [4.78, 5) is 4.28. The molecule has 132 valence electrons. The van der Waals surface area contributed by atoms with Gasteiger partial charge in [0.1, 0.15) is 5.75 Å². The summed E-state index contributed by atoms with van der Waals surface area (Å²) in [6.07, 6.45) is 2.12. The molecule has 2 N–H and O–H groups in total. The SMILES string of the molecule is CCOc1cc(C)ccc1CNC(=NC)NCC(C)(C)SC.I. The fourth-order valence-corrected chi connectivity index (χ4v) is 2.08.